The fourth-order valence-electron chi connectivity index (χ4n) is 4.37. The number of para-hydroxylation sites is 1. The molecule has 2 aliphatic rings. The second-order valence-electron chi connectivity index (χ2n) is 8.42. The number of sulfonamides is 1. The number of carbonyl (C=O) groups is 1. The molecule has 0 spiro atoms. The van der Waals surface area contributed by atoms with Gasteiger partial charge in [-0.1, -0.05) is 31.2 Å². The third-order valence-corrected chi connectivity index (χ3v) is 8.14. The first kappa shape index (κ1) is 20.1. The van der Waals surface area contributed by atoms with E-state index in [0.717, 1.165) is 36.1 Å². The van der Waals surface area contributed by atoms with Crippen molar-refractivity contribution in [2.24, 2.45) is 5.92 Å². The summed E-state index contributed by atoms with van der Waals surface area (Å²) in [6.07, 6.45) is 2.56. The number of benzene rings is 2. The van der Waals surface area contributed by atoms with Gasteiger partial charge in [-0.05, 0) is 68.4 Å². The molecule has 0 bridgehead atoms. The largest absolute Gasteiger partial charge is 0.305 e. The van der Waals surface area contributed by atoms with Gasteiger partial charge in [0.1, 0.15) is 0 Å². The zero-order valence-electron chi connectivity index (χ0n) is 17.3. The molecule has 0 N–H and O–H groups in total. The normalized spacial score (nSPS) is 20.7. The van der Waals surface area contributed by atoms with Gasteiger partial charge in [0.2, 0.25) is 10.0 Å². The van der Waals surface area contributed by atoms with Crippen molar-refractivity contribution in [1.82, 2.24) is 4.31 Å². The molecule has 5 nitrogen and oxygen atoms in total. The van der Waals surface area contributed by atoms with Crippen LogP contribution in [0.2, 0.25) is 0 Å². The molecule has 1 unspecified atom stereocenters. The van der Waals surface area contributed by atoms with Gasteiger partial charge in [0.25, 0.3) is 5.91 Å². The molecule has 154 valence electrons. The minimum Gasteiger partial charge on any atom is -0.305 e. The van der Waals surface area contributed by atoms with E-state index in [1.165, 1.54) is 0 Å². The highest BCUT2D eigenvalue weighted by molar-refractivity contribution is 7.89. The molecular weight excluding hydrogens is 384 g/mol. The maximum Gasteiger partial charge on any atom is 0.258 e. The zero-order chi connectivity index (χ0) is 20.8. The number of piperidine rings is 1. The topological polar surface area (TPSA) is 57.7 Å². The number of carbonyl (C=O) groups excluding carboxylic acids is 1. The fraction of sp³-hybridized carbons (Fsp3) is 0.435. The number of anilines is 1. The first-order chi connectivity index (χ1) is 13.8. The molecule has 1 amide bonds. The smallest absolute Gasteiger partial charge is 0.258 e. The minimum atomic E-state index is -3.59. The Morgan fingerprint density at radius 1 is 1.03 bits per heavy atom. The molecule has 1 atom stereocenters. The summed E-state index contributed by atoms with van der Waals surface area (Å²) in [6.45, 7) is 7.12. The van der Waals surface area contributed by atoms with Crippen LogP contribution in [0.4, 0.5) is 5.69 Å². The minimum absolute atomic E-state index is 0.0446. The second kappa shape index (κ2) is 7.58. The average Bonchev–Trinajstić information content (AvgIpc) is 3.03. The molecule has 1 saturated heterocycles. The third kappa shape index (κ3) is 3.60. The molecule has 2 aromatic rings. The van der Waals surface area contributed by atoms with Crippen LogP contribution in [-0.2, 0) is 16.4 Å². The molecule has 4 rings (SSSR count). The number of fused-ring (bicyclic) bond motifs is 1. The highest BCUT2D eigenvalue weighted by atomic mass is 32.2. The summed E-state index contributed by atoms with van der Waals surface area (Å²) in [5, 5.41) is 0. The second-order valence-corrected chi connectivity index (χ2v) is 10.4. The molecule has 2 aromatic carbocycles. The van der Waals surface area contributed by atoms with Crippen LogP contribution in [0, 0.1) is 12.8 Å². The van der Waals surface area contributed by atoms with Gasteiger partial charge in [-0.25, -0.2) is 8.42 Å². The van der Waals surface area contributed by atoms with Gasteiger partial charge in [0.05, 0.1) is 4.90 Å². The van der Waals surface area contributed by atoms with Gasteiger partial charge >= 0.3 is 0 Å². The van der Waals surface area contributed by atoms with E-state index in [0.29, 0.717) is 24.6 Å². The van der Waals surface area contributed by atoms with Crippen LogP contribution < -0.4 is 4.90 Å². The van der Waals surface area contributed by atoms with Crippen molar-refractivity contribution in [1.29, 1.82) is 0 Å². The van der Waals surface area contributed by atoms with Crippen molar-refractivity contribution >= 4 is 21.6 Å². The molecule has 0 aromatic heterocycles. The Morgan fingerprint density at radius 2 is 1.72 bits per heavy atom. The monoisotopic (exact) mass is 412 g/mol. The Balaban J connectivity index is 1.68. The van der Waals surface area contributed by atoms with Crippen LogP contribution >= 0.6 is 0 Å². The Hall–Kier alpha value is -2.18. The lowest BCUT2D eigenvalue weighted by atomic mass is 10.0. The van der Waals surface area contributed by atoms with E-state index < -0.39 is 10.0 Å². The summed E-state index contributed by atoms with van der Waals surface area (Å²) >= 11 is 0. The molecule has 0 saturated carbocycles. The Kier molecular flexibility index (Phi) is 5.25. The SMILES string of the molecule is Cc1ccc(S(=O)(=O)N2CCC(C)CC2)cc1C(=O)N1c2ccccc2CC1C. The van der Waals surface area contributed by atoms with Crippen LogP contribution in [0.1, 0.15) is 48.2 Å². The number of hydrogen-bond acceptors (Lipinski definition) is 3. The highest BCUT2D eigenvalue weighted by Crippen LogP contribution is 2.34. The molecule has 1 fully saturated rings. The van der Waals surface area contributed by atoms with Gasteiger partial charge in [-0.15, -0.1) is 0 Å². The summed E-state index contributed by atoms with van der Waals surface area (Å²) < 4.78 is 27.9. The van der Waals surface area contributed by atoms with Gasteiger partial charge in [-0.2, -0.15) is 4.31 Å². The summed E-state index contributed by atoms with van der Waals surface area (Å²) in [5.74, 6) is 0.414. The molecule has 2 heterocycles. The Labute approximate surface area is 173 Å². The van der Waals surface area contributed by atoms with Gasteiger partial charge in [-0.3, -0.25) is 4.79 Å². The number of rotatable bonds is 3. The lowest BCUT2D eigenvalue weighted by molar-refractivity contribution is 0.0980. The average molecular weight is 413 g/mol. The van der Waals surface area contributed by atoms with Crippen molar-refractivity contribution in [3.05, 3.63) is 59.2 Å². The molecule has 6 heteroatoms. The van der Waals surface area contributed by atoms with E-state index in [1.807, 2.05) is 38.1 Å². The fourth-order valence-corrected chi connectivity index (χ4v) is 5.87. The predicted molar refractivity (Wildman–Crippen MR) is 115 cm³/mol. The van der Waals surface area contributed by atoms with Crippen LogP contribution in [-0.4, -0.2) is 37.8 Å². The van der Waals surface area contributed by atoms with Crippen LogP contribution in [0.3, 0.4) is 0 Å². The quantitative estimate of drug-likeness (QED) is 0.765. The van der Waals surface area contributed by atoms with Crippen LogP contribution in [0.15, 0.2) is 47.4 Å². The molecular formula is C23H28N2O3S. The van der Waals surface area contributed by atoms with Gasteiger partial charge < -0.3 is 4.90 Å². The summed E-state index contributed by atoms with van der Waals surface area (Å²) in [5.41, 5.74) is 3.32. The number of nitrogens with zero attached hydrogens (tertiary/aromatic N) is 2. The van der Waals surface area contributed by atoms with Crippen molar-refractivity contribution in [2.45, 2.75) is 51.0 Å². The molecule has 0 aliphatic carbocycles. The lowest BCUT2D eigenvalue weighted by Crippen LogP contribution is -2.38. The summed E-state index contributed by atoms with van der Waals surface area (Å²) in [6, 6.07) is 12.9. The Bertz CT molecular complexity index is 1040. The summed E-state index contributed by atoms with van der Waals surface area (Å²) in [7, 11) is -3.59. The number of amides is 1. The van der Waals surface area contributed by atoms with Crippen molar-refractivity contribution < 1.29 is 13.2 Å². The molecule has 2 aliphatic heterocycles. The van der Waals surface area contributed by atoms with Gasteiger partial charge in [0, 0.05) is 30.4 Å². The van der Waals surface area contributed by atoms with E-state index >= 15 is 0 Å². The van der Waals surface area contributed by atoms with Crippen molar-refractivity contribution in [3.8, 4) is 0 Å². The number of hydrogen-bond donors (Lipinski definition) is 0. The number of aryl methyl sites for hydroxylation is 1. The van der Waals surface area contributed by atoms with E-state index in [2.05, 4.69) is 6.92 Å². The zero-order valence-corrected chi connectivity index (χ0v) is 18.1. The predicted octanol–water partition coefficient (Wildman–Crippen LogP) is 4.01. The van der Waals surface area contributed by atoms with E-state index in [1.54, 1.807) is 27.4 Å². The van der Waals surface area contributed by atoms with E-state index in [4.69, 9.17) is 0 Å². The third-order valence-electron chi connectivity index (χ3n) is 6.25. The standard InChI is InChI=1S/C23H28N2O3S/c1-16-10-12-24(13-11-16)29(27,28)20-9-8-17(2)21(15-20)23(26)25-18(3)14-19-6-4-5-7-22(19)25/h4-9,15-16,18H,10-14H2,1-3H3. The van der Waals surface area contributed by atoms with E-state index in [9.17, 15) is 13.2 Å². The maximum atomic E-state index is 13.5. The van der Waals surface area contributed by atoms with Crippen molar-refractivity contribution in [2.75, 3.05) is 18.0 Å². The lowest BCUT2D eigenvalue weighted by Gasteiger charge is -2.29. The Morgan fingerprint density at radius 3 is 2.45 bits per heavy atom. The highest BCUT2D eigenvalue weighted by Gasteiger charge is 2.33. The van der Waals surface area contributed by atoms with Crippen molar-refractivity contribution in [3.63, 3.8) is 0 Å². The van der Waals surface area contributed by atoms with E-state index in [-0.39, 0.29) is 16.8 Å². The first-order valence-electron chi connectivity index (χ1n) is 10.3. The van der Waals surface area contributed by atoms with Gasteiger partial charge in [0.15, 0.2) is 0 Å². The maximum absolute atomic E-state index is 13.5. The van der Waals surface area contributed by atoms with Crippen LogP contribution in [0.5, 0.6) is 0 Å². The molecule has 29 heavy (non-hydrogen) atoms. The summed E-state index contributed by atoms with van der Waals surface area (Å²) in [4.78, 5) is 15.5. The molecule has 0 radical (unpaired) electrons. The first-order valence-corrected chi connectivity index (χ1v) is 11.8. The van der Waals surface area contributed by atoms with Crippen LogP contribution in [0.25, 0.3) is 0 Å².